The van der Waals surface area contributed by atoms with Crippen molar-refractivity contribution in [3.05, 3.63) is 90.3 Å². The van der Waals surface area contributed by atoms with E-state index < -0.39 is 10.0 Å². The van der Waals surface area contributed by atoms with Crippen LogP contribution in [-0.4, -0.2) is 54.7 Å². The number of hydrogen-bond donors (Lipinski definition) is 1. The monoisotopic (exact) mass is 436 g/mol. The third-order valence-electron chi connectivity index (χ3n) is 5.25. The first kappa shape index (κ1) is 21.2. The minimum Gasteiger partial charge on any atom is -0.321 e. The van der Waals surface area contributed by atoms with E-state index in [1.54, 1.807) is 65.2 Å². The van der Waals surface area contributed by atoms with E-state index in [0.29, 0.717) is 48.9 Å². The van der Waals surface area contributed by atoms with Gasteiger partial charge in [0.25, 0.3) is 5.91 Å². The predicted octanol–water partition coefficient (Wildman–Crippen LogP) is 2.84. The van der Waals surface area contributed by atoms with Gasteiger partial charge in [-0.15, -0.1) is 0 Å². The number of hydrogen-bond acceptors (Lipinski definition) is 5. The van der Waals surface area contributed by atoms with Crippen molar-refractivity contribution in [2.24, 2.45) is 0 Å². The Hall–Kier alpha value is -3.07. The third-order valence-corrected chi connectivity index (χ3v) is 7.17. The van der Waals surface area contributed by atoms with Crippen LogP contribution in [0.25, 0.3) is 0 Å². The number of carbonyl (C=O) groups excluding carboxylic acids is 1. The molecular formula is C23H24N4O3S. The molecule has 1 aliphatic rings. The van der Waals surface area contributed by atoms with Gasteiger partial charge in [0.05, 0.1) is 16.8 Å². The summed E-state index contributed by atoms with van der Waals surface area (Å²) in [4.78, 5) is 18.9. The van der Waals surface area contributed by atoms with Gasteiger partial charge in [-0.3, -0.25) is 14.7 Å². The van der Waals surface area contributed by atoms with Gasteiger partial charge in [-0.2, -0.15) is 4.31 Å². The Morgan fingerprint density at radius 1 is 0.903 bits per heavy atom. The molecule has 0 spiro atoms. The number of pyridine rings is 1. The van der Waals surface area contributed by atoms with Crippen molar-refractivity contribution in [2.45, 2.75) is 11.4 Å². The van der Waals surface area contributed by atoms with Crippen LogP contribution in [0.2, 0.25) is 0 Å². The van der Waals surface area contributed by atoms with Gasteiger partial charge in [0.1, 0.15) is 0 Å². The summed E-state index contributed by atoms with van der Waals surface area (Å²) >= 11 is 0. The maximum Gasteiger partial charge on any atom is 0.255 e. The van der Waals surface area contributed by atoms with Gasteiger partial charge in [0.15, 0.2) is 0 Å². The van der Waals surface area contributed by atoms with Crippen molar-refractivity contribution >= 4 is 21.6 Å². The third kappa shape index (κ3) is 5.16. The van der Waals surface area contributed by atoms with Crippen molar-refractivity contribution < 1.29 is 13.2 Å². The molecule has 0 unspecified atom stereocenters. The topological polar surface area (TPSA) is 82.6 Å². The van der Waals surface area contributed by atoms with Gasteiger partial charge in [0, 0.05) is 44.5 Å². The van der Waals surface area contributed by atoms with Crippen LogP contribution in [0, 0.1) is 0 Å². The van der Waals surface area contributed by atoms with E-state index in [2.05, 4.69) is 15.2 Å². The second kappa shape index (κ2) is 9.38. The fourth-order valence-corrected chi connectivity index (χ4v) is 4.97. The zero-order valence-electron chi connectivity index (χ0n) is 17.0. The molecule has 7 nitrogen and oxygen atoms in total. The standard InChI is InChI=1S/C23H24N4O3S/c28-23(25-21-5-4-12-24-17-21)20-10-8-19(9-11-20)18-26-13-15-27(16-14-26)31(29,30)22-6-2-1-3-7-22/h1-12,17H,13-16,18H2,(H,25,28). The van der Waals surface area contributed by atoms with Gasteiger partial charge in [0.2, 0.25) is 10.0 Å². The molecule has 0 saturated carbocycles. The lowest BCUT2D eigenvalue weighted by Crippen LogP contribution is -2.48. The summed E-state index contributed by atoms with van der Waals surface area (Å²) < 4.78 is 27.0. The number of nitrogens with one attached hydrogen (secondary N) is 1. The molecule has 0 aliphatic carbocycles. The molecule has 3 aromatic rings. The fourth-order valence-electron chi connectivity index (χ4n) is 3.53. The van der Waals surface area contributed by atoms with E-state index in [1.165, 1.54) is 0 Å². The number of carbonyl (C=O) groups is 1. The average Bonchev–Trinajstić information content (AvgIpc) is 2.81. The molecule has 1 aliphatic heterocycles. The Labute approximate surface area is 182 Å². The van der Waals surface area contributed by atoms with Crippen LogP contribution in [0.4, 0.5) is 5.69 Å². The second-order valence-corrected chi connectivity index (χ2v) is 9.32. The van der Waals surface area contributed by atoms with E-state index in [0.717, 1.165) is 5.56 Å². The summed E-state index contributed by atoms with van der Waals surface area (Å²) in [6.07, 6.45) is 3.26. The molecule has 0 atom stereocenters. The number of aromatic nitrogens is 1. The van der Waals surface area contributed by atoms with Crippen molar-refractivity contribution in [1.29, 1.82) is 0 Å². The van der Waals surface area contributed by atoms with E-state index in [-0.39, 0.29) is 5.91 Å². The SMILES string of the molecule is O=C(Nc1cccnc1)c1ccc(CN2CCN(S(=O)(=O)c3ccccc3)CC2)cc1. The molecule has 1 saturated heterocycles. The van der Waals surface area contributed by atoms with Crippen LogP contribution < -0.4 is 5.32 Å². The second-order valence-electron chi connectivity index (χ2n) is 7.39. The van der Waals surface area contributed by atoms with Crippen LogP contribution in [0.15, 0.2) is 84.0 Å². The lowest BCUT2D eigenvalue weighted by atomic mass is 10.1. The Morgan fingerprint density at radius 2 is 1.61 bits per heavy atom. The van der Waals surface area contributed by atoms with Gasteiger partial charge in [-0.1, -0.05) is 30.3 Å². The molecule has 2 aromatic carbocycles. The van der Waals surface area contributed by atoms with Gasteiger partial charge in [-0.05, 0) is 42.0 Å². The molecule has 31 heavy (non-hydrogen) atoms. The first-order valence-electron chi connectivity index (χ1n) is 10.1. The molecule has 0 bridgehead atoms. The van der Waals surface area contributed by atoms with E-state index in [1.807, 2.05) is 18.2 Å². The van der Waals surface area contributed by atoms with Gasteiger partial charge >= 0.3 is 0 Å². The molecule has 4 rings (SSSR count). The molecule has 160 valence electrons. The highest BCUT2D eigenvalue weighted by atomic mass is 32.2. The lowest BCUT2D eigenvalue weighted by Gasteiger charge is -2.34. The summed E-state index contributed by atoms with van der Waals surface area (Å²) in [7, 11) is -3.44. The Kier molecular flexibility index (Phi) is 6.41. The van der Waals surface area contributed by atoms with Crippen LogP contribution in [0.1, 0.15) is 15.9 Å². The van der Waals surface area contributed by atoms with E-state index >= 15 is 0 Å². The largest absolute Gasteiger partial charge is 0.321 e. The zero-order valence-corrected chi connectivity index (χ0v) is 17.8. The van der Waals surface area contributed by atoms with Crippen molar-refractivity contribution in [1.82, 2.24) is 14.2 Å². The molecule has 1 fully saturated rings. The maximum atomic E-state index is 12.8. The summed E-state index contributed by atoms with van der Waals surface area (Å²) in [5.74, 6) is -0.181. The van der Waals surface area contributed by atoms with E-state index in [9.17, 15) is 13.2 Å². The number of piperazine rings is 1. The Bertz CT molecular complexity index is 1110. The van der Waals surface area contributed by atoms with Crippen molar-refractivity contribution in [3.63, 3.8) is 0 Å². The normalized spacial score (nSPS) is 15.5. The Balaban J connectivity index is 1.31. The highest BCUT2D eigenvalue weighted by Crippen LogP contribution is 2.18. The van der Waals surface area contributed by atoms with Gasteiger partial charge in [-0.25, -0.2) is 8.42 Å². The summed E-state index contributed by atoms with van der Waals surface area (Å²) in [6.45, 7) is 2.96. The summed E-state index contributed by atoms with van der Waals surface area (Å²) in [5, 5.41) is 2.82. The van der Waals surface area contributed by atoms with Crippen LogP contribution in [0.5, 0.6) is 0 Å². The molecule has 1 N–H and O–H groups in total. The number of amides is 1. The number of rotatable bonds is 6. The van der Waals surface area contributed by atoms with Crippen LogP contribution >= 0.6 is 0 Å². The number of benzene rings is 2. The highest BCUT2D eigenvalue weighted by molar-refractivity contribution is 7.89. The first-order chi connectivity index (χ1) is 15.0. The minimum atomic E-state index is -3.44. The smallest absolute Gasteiger partial charge is 0.255 e. The number of sulfonamides is 1. The summed E-state index contributed by atoms with van der Waals surface area (Å²) in [6, 6.07) is 19.6. The van der Waals surface area contributed by atoms with Crippen LogP contribution in [-0.2, 0) is 16.6 Å². The molecule has 2 heterocycles. The molecule has 1 amide bonds. The Morgan fingerprint density at radius 3 is 2.26 bits per heavy atom. The average molecular weight is 437 g/mol. The lowest BCUT2D eigenvalue weighted by molar-refractivity contribution is 0.102. The molecule has 1 aromatic heterocycles. The van der Waals surface area contributed by atoms with Crippen molar-refractivity contribution in [2.75, 3.05) is 31.5 Å². The van der Waals surface area contributed by atoms with Gasteiger partial charge < -0.3 is 5.32 Å². The van der Waals surface area contributed by atoms with Crippen LogP contribution in [0.3, 0.4) is 0 Å². The number of anilines is 1. The highest BCUT2D eigenvalue weighted by Gasteiger charge is 2.28. The maximum absolute atomic E-state index is 12.8. The minimum absolute atomic E-state index is 0.181. The predicted molar refractivity (Wildman–Crippen MR) is 119 cm³/mol. The zero-order chi connectivity index (χ0) is 21.7. The summed E-state index contributed by atoms with van der Waals surface area (Å²) in [5.41, 5.74) is 2.31. The molecule has 0 radical (unpaired) electrons. The molecular weight excluding hydrogens is 412 g/mol. The first-order valence-corrected chi connectivity index (χ1v) is 11.5. The van der Waals surface area contributed by atoms with Crippen molar-refractivity contribution in [3.8, 4) is 0 Å². The number of nitrogens with zero attached hydrogens (tertiary/aromatic N) is 3. The molecule has 8 heteroatoms. The fraction of sp³-hybridized carbons (Fsp3) is 0.217. The van der Waals surface area contributed by atoms with E-state index in [4.69, 9.17) is 0 Å². The quantitative estimate of drug-likeness (QED) is 0.643.